The van der Waals surface area contributed by atoms with E-state index in [1.54, 1.807) is 18.9 Å². The molecule has 0 aromatic heterocycles. The highest BCUT2D eigenvalue weighted by Crippen LogP contribution is 2.44. The average molecular weight is 226 g/mol. The van der Waals surface area contributed by atoms with E-state index in [1.807, 2.05) is 31.9 Å². The van der Waals surface area contributed by atoms with Crippen molar-refractivity contribution in [3.63, 3.8) is 0 Å². The van der Waals surface area contributed by atoms with Crippen LogP contribution in [0.15, 0.2) is 4.76 Å². The van der Waals surface area contributed by atoms with Crippen LogP contribution < -0.4 is 0 Å². The Hall–Kier alpha value is 0.430. The fourth-order valence-corrected chi connectivity index (χ4v) is 2.63. The first-order valence-electron chi connectivity index (χ1n) is 3.37. The second kappa shape index (κ2) is 5.22. The summed E-state index contributed by atoms with van der Waals surface area (Å²) < 4.78 is 9.47. The third kappa shape index (κ3) is 4.45. The van der Waals surface area contributed by atoms with E-state index in [4.69, 9.17) is 16.3 Å². The molecule has 0 amide bonds. The third-order valence-corrected chi connectivity index (χ3v) is 4.05. The first-order valence-corrected chi connectivity index (χ1v) is 7.72. The Kier molecular flexibility index (Phi) is 5.41. The number of nitrogens with zero attached hydrogens (tertiary/aromatic N) is 2. The van der Waals surface area contributed by atoms with Crippen LogP contribution in [0.4, 0.5) is 0 Å². The van der Waals surface area contributed by atoms with E-state index in [0.717, 1.165) is 5.17 Å². The van der Waals surface area contributed by atoms with Gasteiger partial charge in [0.15, 0.2) is 11.6 Å². The average Bonchev–Trinajstić information content (AvgIpc) is 2.00. The summed E-state index contributed by atoms with van der Waals surface area (Å²) in [5, 5.41) is 0.919. The molecule has 1 unspecified atom stereocenters. The molecule has 0 heterocycles. The minimum absolute atomic E-state index is 0.919. The van der Waals surface area contributed by atoms with Crippen molar-refractivity contribution in [3.05, 3.63) is 0 Å². The highest BCUT2D eigenvalue weighted by molar-refractivity contribution is 8.15. The highest BCUT2D eigenvalue weighted by atomic mass is 32.4. The molecule has 6 heteroatoms. The molecule has 0 N–H and O–H groups in total. The maximum Gasteiger partial charge on any atom is 0.173 e. The van der Waals surface area contributed by atoms with Crippen LogP contribution in [0.3, 0.4) is 0 Å². The van der Waals surface area contributed by atoms with Crippen molar-refractivity contribution >= 4 is 35.2 Å². The van der Waals surface area contributed by atoms with Gasteiger partial charge >= 0.3 is 0 Å². The Morgan fingerprint density at radius 3 is 2.33 bits per heavy atom. The maximum atomic E-state index is 5.17. The monoisotopic (exact) mass is 226 g/mol. The molecular formula is C6H15N2OPS2. The van der Waals surface area contributed by atoms with Gasteiger partial charge in [-0.3, -0.25) is 0 Å². The van der Waals surface area contributed by atoms with Crippen LogP contribution >= 0.6 is 18.2 Å². The summed E-state index contributed by atoms with van der Waals surface area (Å²) >= 11 is 6.75. The van der Waals surface area contributed by atoms with Crippen molar-refractivity contribution in [3.8, 4) is 0 Å². The lowest BCUT2D eigenvalue weighted by molar-refractivity contribution is 0.463. The molecule has 0 spiro atoms. The van der Waals surface area contributed by atoms with Crippen LogP contribution in [0, 0.1) is 0 Å². The van der Waals surface area contributed by atoms with Crippen molar-refractivity contribution in [1.29, 1.82) is 0 Å². The van der Waals surface area contributed by atoms with Gasteiger partial charge in [-0.25, -0.2) is 4.76 Å². The SMILES string of the molecule is COP(C)(=S)N=C(SC)N(C)C. The van der Waals surface area contributed by atoms with E-state index in [2.05, 4.69) is 4.76 Å². The van der Waals surface area contributed by atoms with Crippen LogP contribution in [-0.2, 0) is 16.3 Å². The van der Waals surface area contributed by atoms with Gasteiger partial charge in [0.1, 0.15) is 0 Å². The van der Waals surface area contributed by atoms with Gasteiger partial charge in [0.2, 0.25) is 0 Å². The molecule has 0 aromatic rings. The first-order chi connectivity index (χ1) is 5.43. The minimum Gasteiger partial charge on any atom is -0.357 e. The van der Waals surface area contributed by atoms with Crippen LogP contribution in [0.25, 0.3) is 0 Å². The van der Waals surface area contributed by atoms with Gasteiger partial charge in [0.25, 0.3) is 0 Å². The van der Waals surface area contributed by atoms with Crippen LogP contribution in [0.2, 0.25) is 0 Å². The summed E-state index contributed by atoms with van der Waals surface area (Å²) in [6.45, 7) is 1.86. The molecule has 72 valence electrons. The quantitative estimate of drug-likeness (QED) is 0.407. The lowest BCUT2D eigenvalue weighted by Crippen LogP contribution is -2.18. The Bertz CT molecular complexity index is 218. The van der Waals surface area contributed by atoms with E-state index in [1.165, 1.54) is 0 Å². The molecule has 0 radical (unpaired) electrons. The number of hydrogen-bond acceptors (Lipinski definition) is 3. The Labute approximate surface area is 83.7 Å². The topological polar surface area (TPSA) is 24.8 Å². The molecule has 0 saturated heterocycles. The zero-order valence-electron chi connectivity index (χ0n) is 8.07. The van der Waals surface area contributed by atoms with E-state index in [-0.39, 0.29) is 0 Å². The molecule has 3 nitrogen and oxygen atoms in total. The van der Waals surface area contributed by atoms with E-state index < -0.39 is 6.42 Å². The standard InChI is InChI=1S/C6H15N2OPS2/c1-8(2)6(12-5)7-10(4,11)9-3/h1-5H3. The van der Waals surface area contributed by atoms with E-state index in [9.17, 15) is 0 Å². The summed E-state index contributed by atoms with van der Waals surface area (Å²) in [6, 6.07) is 0. The van der Waals surface area contributed by atoms with Gasteiger partial charge in [-0.15, -0.1) is 0 Å². The predicted octanol–water partition coefficient (Wildman–Crippen LogP) is 1.85. The Morgan fingerprint density at radius 1 is 1.58 bits per heavy atom. The molecule has 0 aliphatic carbocycles. The molecule has 0 aromatic carbocycles. The van der Waals surface area contributed by atoms with Crippen LogP contribution in [-0.4, -0.2) is 44.2 Å². The second-order valence-electron chi connectivity index (χ2n) is 2.47. The first kappa shape index (κ1) is 12.4. The summed E-state index contributed by atoms with van der Waals surface area (Å²) in [6.07, 6.45) is 0.0348. The van der Waals surface area contributed by atoms with Gasteiger partial charge in [-0.1, -0.05) is 11.8 Å². The van der Waals surface area contributed by atoms with Gasteiger partial charge in [0.05, 0.1) is 0 Å². The lowest BCUT2D eigenvalue weighted by Gasteiger charge is -2.16. The molecule has 0 fully saturated rings. The van der Waals surface area contributed by atoms with E-state index >= 15 is 0 Å². The summed E-state index contributed by atoms with van der Waals surface area (Å²) in [5.74, 6) is 0. The molecule has 12 heavy (non-hydrogen) atoms. The second-order valence-corrected chi connectivity index (χ2v) is 7.44. The number of hydrogen-bond donors (Lipinski definition) is 0. The zero-order valence-corrected chi connectivity index (χ0v) is 10.6. The van der Waals surface area contributed by atoms with Crippen molar-refractivity contribution < 1.29 is 4.52 Å². The molecule has 0 bridgehead atoms. The van der Waals surface area contributed by atoms with Crippen LogP contribution in [0.5, 0.6) is 0 Å². The van der Waals surface area contributed by atoms with Gasteiger partial charge in [-0.05, 0) is 18.1 Å². The number of rotatable bonds is 2. The molecule has 0 rings (SSSR count). The molecular weight excluding hydrogens is 211 g/mol. The summed E-state index contributed by atoms with van der Waals surface area (Å²) in [7, 11) is 5.50. The number of amidine groups is 1. The zero-order chi connectivity index (χ0) is 9.78. The van der Waals surface area contributed by atoms with Gasteiger partial charge < -0.3 is 9.42 Å². The highest BCUT2D eigenvalue weighted by Gasteiger charge is 2.08. The largest absolute Gasteiger partial charge is 0.357 e. The number of thioether (sulfide) groups is 1. The molecule has 1 atom stereocenters. The smallest absolute Gasteiger partial charge is 0.173 e. The Balaban J connectivity index is 4.60. The van der Waals surface area contributed by atoms with Crippen LogP contribution in [0.1, 0.15) is 0 Å². The van der Waals surface area contributed by atoms with E-state index in [0.29, 0.717) is 0 Å². The molecule has 0 aliphatic rings. The molecule has 0 aliphatic heterocycles. The fraction of sp³-hybridized carbons (Fsp3) is 0.833. The summed E-state index contributed by atoms with van der Waals surface area (Å²) in [5.41, 5.74) is 0. The molecule has 0 saturated carbocycles. The van der Waals surface area contributed by atoms with Gasteiger partial charge in [0, 0.05) is 27.9 Å². The maximum absolute atomic E-state index is 5.17. The van der Waals surface area contributed by atoms with Crippen molar-refractivity contribution in [2.75, 3.05) is 34.1 Å². The van der Waals surface area contributed by atoms with Crippen molar-refractivity contribution in [1.82, 2.24) is 4.90 Å². The third-order valence-electron chi connectivity index (χ3n) is 1.17. The fourth-order valence-electron chi connectivity index (χ4n) is 0.509. The normalized spacial score (nSPS) is 17.2. The predicted molar refractivity (Wildman–Crippen MR) is 61.9 cm³/mol. The van der Waals surface area contributed by atoms with Crippen molar-refractivity contribution in [2.45, 2.75) is 0 Å². The Morgan fingerprint density at radius 2 is 2.08 bits per heavy atom. The minimum atomic E-state index is -1.94. The lowest BCUT2D eigenvalue weighted by atomic mass is 10.9. The summed E-state index contributed by atoms with van der Waals surface area (Å²) in [4.78, 5) is 1.94. The van der Waals surface area contributed by atoms with Crippen molar-refractivity contribution in [2.24, 2.45) is 4.76 Å². The van der Waals surface area contributed by atoms with Gasteiger partial charge in [-0.2, -0.15) is 0 Å².